The molecule has 0 saturated heterocycles. The van der Waals surface area contributed by atoms with Gasteiger partial charge in [0, 0.05) is 11.1 Å². The van der Waals surface area contributed by atoms with Crippen LogP contribution >= 0.6 is 11.6 Å². The Morgan fingerprint density at radius 1 is 1.17 bits per heavy atom. The zero-order valence-electron chi connectivity index (χ0n) is 9.77. The van der Waals surface area contributed by atoms with Gasteiger partial charge in [-0.25, -0.2) is 0 Å². The van der Waals surface area contributed by atoms with Gasteiger partial charge in [-0.05, 0) is 36.8 Å². The maximum atomic E-state index is 8.87. The molecule has 0 unspecified atom stereocenters. The molecule has 2 aromatic carbocycles. The standard InChI is InChI=1S/C14H11ClN2O/c1-9-2-3-10(8-16)6-13(9)18-14-7-11(15)4-5-12(14)17/h2-7H,17H2,1H3. The second kappa shape index (κ2) is 4.99. The number of ether oxygens (including phenoxy) is 1. The van der Waals surface area contributed by atoms with Crippen molar-refractivity contribution in [3.8, 4) is 17.6 Å². The molecular weight excluding hydrogens is 248 g/mol. The Morgan fingerprint density at radius 2 is 1.94 bits per heavy atom. The van der Waals surface area contributed by atoms with Crippen LogP contribution in [-0.4, -0.2) is 0 Å². The first-order chi connectivity index (χ1) is 8.60. The first-order valence-corrected chi connectivity index (χ1v) is 5.71. The zero-order valence-corrected chi connectivity index (χ0v) is 10.5. The maximum Gasteiger partial charge on any atom is 0.151 e. The third-order valence-corrected chi connectivity index (χ3v) is 2.75. The molecule has 0 atom stereocenters. The van der Waals surface area contributed by atoms with Crippen LogP contribution in [0, 0.1) is 18.3 Å². The van der Waals surface area contributed by atoms with Gasteiger partial charge in [-0.2, -0.15) is 5.26 Å². The molecule has 0 spiro atoms. The number of nitriles is 1. The summed E-state index contributed by atoms with van der Waals surface area (Å²) in [6, 6.07) is 12.3. The van der Waals surface area contributed by atoms with Crippen LogP contribution < -0.4 is 10.5 Å². The highest BCUT2D eigenvalue weighted by Crippen LogP contribution is 2.32. The van der Waals surface area contributed by atoms with E-state index in [1.165, 1.54) is 0 Å². The smallest absolute Gasteiger partial charge is 0.151 e. The molecule has 0 bridgehead atoms. The summed E-state index contributed by atoms with van der Waals surface area (Å²) in [6.07, 6.45) is 0. The van der Waals surface area contributed by atoms with Gasteiger partial charge < -0.3 is 10.5 Å². The summed E-state index contributed by atoms with van der Waals surface area (Å²) >= 11 is 5.89. The lowest BCUT2D eigenvalue weighted by Gasteiger charge is -2.11. The van der Waals surface area contributed by atoms with Crippen molar-refractivity contribution in [3.63, 3.8) is 0 Å². The van der Waals surface area contributed by atoms with Crippen LogP contribution in [0.1, 0.15) is 11.1 Å². The molecule has 0 saturated carbocycles. The molecule has 2 rings (SSSR count). The van der Waals surface area contributed by atoms with Crippen LogP contribution in [0.5, 0.6) is 11.5 Å². The number of halogens is 1. The fraction of sp³-hybridized carbons (Fsp3) is 0.0714. The van der Waals surface area contributed by atoms with E-state index in [0.717, 1.165) is 5.56 Å². The summed E-state index contributed by atoms with van der Waals surface area (Å²) in [5.74, 6) is 1.09. The third kappa shape index (κ3) is 2.55. The van der Waals surface area contributed by atoms with Crippen molar-refractivity contribution in [2.45, 2.75) is 6.92 Å². The van der Waals surface area contributed by atoms with Gasteiger partial charge >= 0.3 is 0 Å². The average Bonchev–Trinajstić information content (AvgIpc) is 2.36. The predicted molar refractivity (Wildman–Crippen MR) is 71.8 cm³/mol. The normalized spacial score (nSPS) is 9.83. The van der Waals surface area contributed by atoms with Crippen molar-refractivity contribution in [2.75, 3.05) is 5.73 Å². The van der Waals surface area contributed by atoms with E-state index >= 15 is 0 Å². The van der Waals surface area contributed by atoms with Gasteiger partial charge in [-0.1, -0.05) is 17.7 Å². The monoisotopic (exact) mass is 258 g/mol. The van der Waals surface area contributed by atoms with E-state index in [-0.39, 0.29) is 0 Å². The van der Waals surface area contributed by atoms with Crippen molar-refractivity contribution < 1.29 is 4.74 Å². The highest BCUT2D eigenvalue weighted by atomic mass is 35.5. The number of nitrogen functional groups attached to an aromatic ring is 1. The molecule has 0 aliphatic rings. The molecule has 90 valence electrons. The predicted octanol–water partition coefficient (Wildman–Crippen LogP) is 3.89. The lowest BCUT2D eigenvalue weighted by molar-refractivity contribution is 0.481. The molecule has 18 heavy (non-hydrogen) atoms. The lowest BCUT2D eigenvalue weighted by atomic mass is 10.1. The van der Waals surface area contributed by atoms with Gasteiger partial charge in [0.05, 0.1) is 17.3 Å². The van der Waals surface area contributed by atoms with Gasteiger partial charge in [0.15, 0.2) is 5.75 Å². The summed E-state index contributed by atoms with van der Waals surface area (Å²) in [4.78, 5) is 0. The topological polar surface area (TPSA) is 59.0 Å². The van der Waals surface area contributed by atoms with Gasteiger partial charge in [0.25, 0.3) is 0 Å². The van der Waals surface area contributed by atoms with Gasteiger partial charge in [0.1, 0.15) is 5.75 Å². The van der Waals surface area contributed by atoms with Crippen LogP contribution in [-0.2, 0) is 0 Å². The third-order valence-electron chi connectivity index (χ3n) is 2.51. The SMILES string of the molecule is Cc1ccc(C#N)cc1Oc1cc(Cl)ccc1N. The number of benzene rings is 2. The van der Waals surface area contributed by atoms with E-state index in [1.54, 1.807) is 30.3 Å². The van der Waals surface area contributed by atoms with Gasteiger partial charge in [0.2, 0.25) is 0 Å². The van der Waals surface area contributed by atoms with Gasteiger partial charge in [-0.15, -0.1) is 0 Å². The molecule has 0 aromatic heterocycles. The summed E-state index contributed by atoms with van der Waals surface area (Å²) < 4.78 is 5.70. The molecule has 0 aliphatic heterocycles. The number of anilines is 1. The fourth-order valence-electron chi connectivity index (χ4n) is 1.49. The van der Waals surface area contributed by atoms with Crippen LogP contribution in [0.3, 0.4) is 0 Å². The quantitative estimate of drug-likeness (QED) is 0.831. The number of hydrogen-bond donors (Lipinski definition) is 1. The van der Waals surface area contributed by atoms with E-state index in [0.29, 0.717) is 27.8 Å². The number of nitrogens with zero attached hydrogens (tertiary/aromatic N) is 1. The Labute approximate surface area is 110 Å². The van der Waals surface area contributed by atoms with Crippen molar-refractivity contribution in [2.24, 2.45) is 0 Å². The van der Waals surface area contributed by atoms with Crippen molar-refractivity contribution in [1.82, 2.24) is 0 Å². The Kier molecular flexibility index (Phi) is 3.40. The molecule has 0 fully saturated rings. The molecule has 0 heterocycles. The Balaban J connectivity index is 2.39. The molecule has 0 amide bonds. The van der Waals surface area contributed by atoms with E-state index < -0.39 is 0 Å². The second-order valence-electron chi connectivity index (χ2n) is 3.88. The maximum absolute atomic E-state index is 8.87. The first-order valence-electron chi connectivity index (χ1n) is 5.34. The lowest BCUT2D eigenvalue weighted by Crippen LogP contribution is -1.94. The number of hydrogen-bond acceptors (Lipinski definition) is 3. The highest BCUT2D eigenvalue weighted by Gasteiger charge is 2.06. The average molecular weight is 259 g/mol. The Bertz CT molecular complexity index is 632. The molecule has 3 nitrogen and oxygen atoms in total. The van der Waals surface area contributed by atoms with E-state index in [1.807, 2.05) is 13.0 Å². The number of rotatable bonds is 2. The summed E-state index contributed by atoms with van der Waals surface area (Å²) in [5.41, 5.74) is 7.77. The first kappa shape index (κ1) is 12.3. The van der Waals surface area contributed by atoms with E-state index in [4.69, 9.17) is 27.3 Å². The fourth-order valence-corrected chi connectivity index (χ4v) is 1.66. The van der Waals surface area contributed by atoms with Crippen LogP contribution in [0.4, 0.5) is 5.69 Å². The highest BCUT2D eigenvalue weighted by molar-refractivity contribution is 6.30. The van der Waals surface area contributed by atoms with Crippen molar-refractivity contribution in [3.05, 3.63) is 52.5 Å². The molecular formula is C14H11ClN2O. The largest absolute Gasteiger partial charge is 0.455 e. The minimum Gasteiger partial charge on any atom is -0.455 e. The van der Waals surface area contributed by atoms with E-state index in [2.05, 4.69) is 6.07 Å². The molecule has 0 radical (unpaired) electrons. The minimum absolute atomic E-state index is 0.487. The van der Waals surface area contributed by atoms with Crippen molar-refractivity contribution in [1.29, 1.82) is 5.26 Å². The van der Waals surface area contributed by atoms with Crippen LogP contribution in [0.25, 0.3) is 0 Å². The minimum atomic E-state index is 0.487. The molecule has 2 aromatic rings. The number of nitrogens with two attached hydrogens (primary N) is 1. The van der Waals surface area contributed by atoms with Crippen LogP contribution in [0.15, 0.2) is 36.4 Å². The summed E-state index contributed by atoms with van der Waals surface area (Å²) in [6.45, 7) is 1.90. The molecule has 2 N–H and O–H groups in total. The molecule has 4 heteroatoms. The summed E-state index contributed by atoms with van der Waals surface area (Å²) in [5, 5.41) is 9.42. The second-order valence-corrected chi connectivity index (χ2v) is 4.31. The summed E-state index contributed by atoms with van der Waals surface area (Å²) in [7, 11) is 0. The molecule has 0 aliphatic carbocycles. The van der Waals surface area contributed by atoms with Crippen molar-refractivity contribution >= 4 is 17.3 Å². The van der Waals surface area contributed by atoms with Gasteiger partial charge in [-0.3, -0.25) is 0 Å². The van der Waals surface area contributed by atoms with Crippen LogP contribution in [0.2, 0.25) is 5.02 Å². The Hall–Kier alpha value is -2.18. The van der Waals surface area contributed by atoms with E-state index in [9.17, 15) is 0 Å². The number of aryl methyl sites for hydroxylation is 1. The zero-order chi connectivity index (χ0) is 13.1. The Morgan fingerprint density at radius 3 is 2.67 bits per heavy atom.